The van der Waals surface area contributed by atoms with Gasteiger partial charge in [0, 0.05) is 29.6 Å². The molecule has 0 spiro atoms. The maximum absolute atomic E-state index is 13.4. The van der Waals surface area contributed by atoms with E-state index in [2.05, 4.69) is 44.2 Å². The minimum atomic E-state index is -0.452. The number of dihydropyridines is 1. The third-order valence-corrected chi connectivity index (χ3v) is 7.78. The third kappa shape index (κ3) is 5.86. The molecule has 1 aliphatic heterocycles. The van der Waals surface area contributed by atoms with Crippen LogP contribution in [0.3, 0.4) is 0 Å². The highest BCUT2D eigenvalue weighted by molar-refractivity contribution is 9.10. The van der Waals surface area contributed by atoms with Crippen molar-refractivity contribution in [2.24, 2.45) is 5.92 Å². The summed E-state index contributed by atoms with van der Waals surface area (Å²) in [6.45, 7) is 6.65. The Kier molecular flexibility index (Phi) is 8.93. The van der Waals surface area contributed by atoms with Gasteiger partial charge in [0.15, 0.2) is 22.4 Å². The van der Waals surface area contributed by atoms with E-state index >= 15 is 0 Å². The molecule has 0 amide bonds. The number of nitriles is 1. The molecule has 1 N–H and O–H groups in total. The van der Waals surface area contributed by atoms with Crippen LogP contribution in [0.1, 0.15) is 63.6 Å². The van der Waals surface area contributed by atoms with Crippen molar-refractivity contribution in [3.05, 3.63) is 62.7 Å². The van der Waals surface area contributed by atoms with Gasteiger partial charge in [0.1, 0.15) is 6.61 Å². The van der Waals surface area contributed by atoms with Crippen molar-refractivity contribution in [2.45, 2.75) is 64.1 Å². The van der Waals surface area contributed by atoms with Gasteiger partial charge in [-0.1, -0.05) is 25.1 Å². The number of hydrogen-bond acceptors (Lipinski definition) is 8. The van der Waals surface area contributed by atoms with Crippen LogP contribution in [0.5, 0.6) is 11.5 Å². The number of carbonyl (C=O) groups excluding carboxylic acids is 1. The number of nitrogens with zero attached hydrogens (tertiary/aromatic N) is 3. The van der Waals surface area contributed by atoms with Crippen LogP contribution < -0.4 is 14.8 Å². The Labute approximate surface area is 230 Å². The number of aromatic nitrogens is 2. The van der Waals surface area contributed by atoms with Crippen LogP contribution in [0.25, 0.3) is 0 Å². The fourth-order valence-electron chi connectivity index (χ4n) is 5.07. The average molecular weight is 584 g/mol. The maximum Gasteiger partial charge on any atom is 0.187 e. The van der Waals surface area contributed by atoms with E-state index in [1.54, 1.807) is 6.20 Å². The monoisotopic (exact) mass is 582 g/mol. The minimum Gasteiger partial charge on any atom is -0.490 e. The molecule has 0 fully saturated rings. The molecule has 2 unspecified atom stereocenters. The van der Waals surface area contributed by atoms with Crippen molar-refractivity contribution in [1.82, 2.24) is 15.3 Å². The first kappa shape index (κ1) is 27.2. The largest absolute Gasteiger partial charge is 0.490 e. The Morgan fingerprint density at radius 3 is 2.78 bits per heavy atom. The molecule has 2 heterocycles. The van der Waals surface area contributed by atoms with E-state index in [1.807, 2.05) is 38.3 Å². The molecule has 1 aliphatic carbocycles. The van der Waals surface area contributed by atoms with Crippen molar-refractivity contribution in [1.29, 1.82) is 5.26 Å². The van der Waals surface area contributed by atoms with Gasteiger partial charge in [-0.25, -0.2) is 9.97 Å². The molecule has 194 valence electrons. The highest BCUT2D eigenvalue weighted by atomic mass is 79.9. The molecule has 2 aromatic rings. The van der Waals surface area contributed by atoms with Gasteiger partial charge >= 0.3 is 0 Å². The van der Waals surface area contributed by atoms with Crippen LogP contribution in [0.4, 0.5) is 0 Å². The zero-order valence-corrected chi connectivity index (χ0v) is 24.0. The van der Waals surface area contributed by atoms with Gasteiger partial charge in [-0.15, -0.1) is 0 Å². The van der Waals surface area contributed by atoms with Gasteiger partial charge in [0.2, 0.25) is 0 Å². The lowest BCUT2D eigenvalue weighted by molar-refractivity contribution is -0.117. The molecular formula is C28H31BrN4O3S. The van der Waals surface area contributed by atoms with Gasteiger partial charge in [0.25, 0.3) is 0 Å². The first-order valence-corrected chi connectivity index (χ1v) is 14.5. The van der Waals surface area contributed by atoms with Crippen molar-refractivity contribution in [3.8, 4) is 17.6 Å². The molecule has 2 aliphatic rings. The molecule has 1 aromatic heterocycles. The number of halogens is 1. The van der Waals surface area contributed by atoms with E-state index in [1.165, 1.54) is 11.8 Å². The highest BCUT2D eigenvalue weighted by Crippen LogP contribution is 2.47. The van der Waals surface area contributed by atoms with E-state index in [4.69, 9.17) is 9.47 Å². The lowest BCUT2D eigenvalue weighted by atomic mass is 9.72. The zero-order valence-electron chi connectivity index (χ0n) is 21.6. The van der Waals surface area contributed by atoms with Gasteiger partial charge in [-0.3, -0.25) is 4.79 Å². The van der Waals surface area contributed by atoms with Gasteiger partial charge < -0.3 is 14.8 Å². The summed E-state index contributed by atoms with van der Waals surface area (Å²) in [5.74, 6) is 1.09. The average Bonchev–Trinajstić information content (AvgIpc) is 2.87. The van der Waals surface area contributed by atoms with Crippen LogP contribution >= 0.6 is 27.7 Å². The molecule has 0 bridgehead atoms. The SMILES string of the molecule is CCCC1CC(=O)C2=C(C1)NC(C)=C(C#N)C2c1cc(Br)c(OCc2ccnc(SC)n2)c(OCC)c1. The molecule has 7 nitrogen and oxygen atoms in total. The number of Topliss-reactive ketones (excluding diaryl/α,β-unsaturated/α-hetero) is 1. The van der Waals surface area contributed by atoms with Gasteiger partial charge in [0.05, 0.1) is 34.3 Å². The topological polar surface area (TPSA) is 97.1 Å². The van der Waals surface area contributed by atoms with Crippen LogP contribution in [-0.2, 0) is 11.4 Å². The summed E-state index contributed by atoms with van der Waals surface area (Å²) in [6, 6.07) is 8.01. The lowest BCUT2D eigenvalue weighted by Gasteiger charge is -2.35. The zero-order chi connectivity index (χ0) is 26.5. The smallest absolute Gasteiger partial charge is 0.187 e. The molecule has 0 saturated heterocycles. The molecule has 0 saturated carbocycles. The van der Waals surface area contributed by atoms with Crippen LogP contribution in [0, 0.1) is 17.2 Å². The van der Waals surface area contributed by atoms with Crippen molar-refractivity contribution < 1.29 is 14.3 Å². The Balaban J connectivity index is 1.73. The predicted octanol–water partition coefficient (Wildman–Crippen LogP) is 6.46. The highest BCUT2D eigenvalue weighted by Gasteiger charge is 2.39. The van der Waals surface area contributed by atoms with E-state index in [0.29, 0.717) is 51.2 Å². The number of thioether (sulfide) groups is 1. The summed E-state index contributed by atoms with van der Waals surface area (Å²) in [5.41, 5.74) is 4.56. The number of rotatable bonds is 9. The normalized spacial score (nSPS) is 19.3. The first-order valence-electron chi connectivity index (χ1n) is 12.5. The van der Waals surface area contributed by atoms with Crippen molar-refractivity contribution in [2.75, 3.05) is 12.9 Å². The molecular weight excluding hydrogens is 552 g/mol. The minimum absolute atomic E-state index is 0.111. The number of hydrogen-bond donors (Lipinski definition) is 1. The number of ketones is 1. The van der Waals surface area contributed by atoms with Crippen molar-refractivity contribution >= 4 is 33.5 Å². The van der Waals surface area contributed by atoms with Crippen molar-refractivity contribution in [3.63, 3.8) is 0 Å². The maximum atomic E-state index is 13.4. The molecule has 37 heavy (non-hydrogen) atoms. The Bertz CT molecular complexity index is 1300. The summed E-state index contributed by atoms with van der Waals surface area (Å²) in [5, 5.41) is 14.2. The lowest BCUT2D eigenvalue weighted by Crippen LogP contribution is -2.34. The number of nitrogens with one attached hydrogen (secondary N) is 1. The quantitative estimate of drug-likeness (QED) is 0.266. The second-order valence-corrected chi connectivity index (χ2v) is 10.8. The molecule has 1 aromatic carbocycles. The van der Waals surface area contributed by atoms with E-state index in [-0.39, 0.29) is 12.4 Å². The standard InChI is InChI=1S/C28H31BrN4O3S/c1-5-7-17-10-22-26(23(34)11-17)25(20(14-30)16(3)32-22)18-12-21(29)27(24(13-18)35-6-2)36-15-19-8-9-31-28(33-19)37-4/h8-9,12-13,17,25,32H,5-7,10-11,15H2,1-4H3. The molecule has 9 heteroatoms. The van der Waals surface area contributed by atoms with Crippen LogP contribution in [0.2, 0.25) is 0 Å². The number of ether oxygens (including phenoxy) is 2. The van der Waals surface area contributed by atoms with Crippen LogP contribution in [-0.4, -0.2) is 28.6 Å². The van der Waals surface area contributed by atoms with Gasteiger partial charge in [-0.05, 0) is 78.6 Å². The van der Waals surface area contributed by atoms with Gasteiger partial charge in [-0.2, -0.15) is 5.26 Å². The first-order chi connectivity index (χ1) is 17.9. The second-order valence-electron chi connectivity index (χ2n) is 9.17. The second kappa shape index (κ2) is 12.1. The molecule has 4 rings (SSSR count). The Hall–Kier alpha value is -2.83. The third-order valence-electron chi connectivity index (χ3n) is 6.63. The van der Waals surface area contributed by atoms with E-state index < -0.39 is 5.92 Å². The summed E-state index contributed by atoms with van der Waals surface area (Å²) in [6.07, 6.45) is 7.03. The van der Waals surface area contributed by atoms with E-state index in [9.17, 15) is 10.1 Å². The summed E-state index contributed by atoms with van der Waals surface area (Å²) >= 11 is 5.14. The fourth-order valence-corrected chi connectivity index (χ4v) is 6.02. The van der Waals surface area contributed by atoms with Crippen LogP contribution in [0.15, 0.2) is 56.6 Å². The summed E-state index contributed by atoms with van der Waals surface area (Å²) in [4.78, 5) is 22.1. The molecule has 0 radical (unpaired) electrons. The number of carbonyl (C=O) groups is 1. The van der Waals surface area contributed by atoms with E-state index in [0.717, 1.165) is 41.9 Å². The number of allylic oxidation sites excluding steroid dienone is 4. The Morgan fingerprint density at radius 2 is 2.08 bits per heavy atom. The number of benzene rings is 1. The summed E-state index contributed by atoms with van der Waals surface area (Å²) < 4.78 is 12.8. The molecule has 2 atom stereocenters. The fraction of sp³-hybridized carbons (Fsp3) is 0.429. The predicted molar refractivity (Wildman–Crippen MR) is 147 cm³/mol. The Morgan fingerprint density at radius 1 is 1.27 bits per heavy atom. The summed E-state index contributed by atoms with van der Waals surface area (Å²) in [7, 11) is 0.